The second kappa shape index (κ2) is 6.39. The largest absolute Gasteiger partial charge is 0.508 e. The van der Waals surface area contributed by atoms with Gasteiger partial charge in [-0.15, -0.1) is 0 Å². The molecule has 0 aliphatic heterocycles. The maximum absolute atomic E-state index is 13.9. The van der Waals surface area contributed by atoms with Crippen LogP contribution in [0.1, 0.15) is 29.8 Å². The first-order chi connectivity index (χ1) is 9.99. The highest BCUT2D eigenvalue weighted by Gasteiger charge is 2.22. The van der Waals surface area contributed by atoms with Crippen molar-refractivity contribution < 1.29 is 14.3 Å². The molecule has 2 aromatic rings. The SMILES string of the molecule is CC(C)N(Cc1ccccc1)C(=O)c1ccc(O)cc1F. The van der Waals surface area contributed by atoms with E-state index in [4.69, 9.17) is 0 Å². The molecular formula is C17H18FNO2. The highest BCUT2D eigenvalue weighted by molar-refractivity contribution is 5.94. The van der Waals surface area contributed by atoms with Crippen molar-refractivity contribution in [3.05, 3.63) is 65.5 Å². The third-order valence-corrected chi connectivity index (χ3v) is 3.26. The van der Waals surface area contributed by atoms with E-state index < -0.39 is 5.82 Å². The maximum Gasteiger partial charge on any atom is 0.257 e. The molecule has 21 heavy (non-hydrogen) atoms. The summed E-state index contributed by atoms with van der Waals surface area (Å²) in [6.07, 6.45) is 0. The Kier molecular flexibility index (Phi) is 4.58. The number of hydrogen-bond donors (Lipinski definition) is 1. The Morgan fingerprint density at radius 3 is 2.43 bits per heavy atom. The molecule has 0 atom stereocenters. The zero-order chi connectivity index (χ0) is 15.4. The Morgan fingerprint density at radius 1 is 1.19 bits per heavy atom. The van der Waals surface area contributed by atoms with Gasteiger partial charge in [0.2, 0.25) is 0 Å². The minimum atomic E-state index is -0.710. The van der Waals surface area contributed by atoms with Crippen LogP contribution in [0.3, 0.4) is 0 Å². The number of rotatable bonds is 4. The molecule has 0 fully saturated rings. The highest BCUT2D eigenvalue weighted by Crippen LogP contribution is 2.19. The molecule has 2 rings (SSSR count). The summed E-state index contributed by atoms with van der Waals surface area (Å²) in [6, 6.07) is 13.1. The molecule has 0 radical (unpaired) electrons. The number of carbonyl (C=O) groups excluding carboxylic acids is 1. The van der Waals surface area contributed by atoms with Gasteiger partial charge < -0.3 is 10.0 Å². The summed E-state index contributed by atoms with van der Waals surface area (Å²) in [6.45, 7) is 4.19. The predicted octanol–water partition coefficient (Wildman–Crippen LogP) is 3.58. The molecule has 0 aromatic heterocycles. The van der Waals surface area contributed by atoms with Gasteiger partial charge in [0.05, 0.1) is 5.56 Å². The maximum atomic E-state index is 13.9. The van der Waals surface area contributed by atoms with E-state index in [0.717, 1.165) is 11.6 Å². The average Bonchev–Trinajstić information content (AvgIpc) is 2.45. The van der Waals surface area contributed by atoms with Crippen LogP contribution < -0.4 is 0 Å². The van der Waals surface area contributed by atoms with Gasteiger partial charge in [0.1, 0.15) is 11.6 Å². The van der Waals surface area contributed by atoms with Crippen molar-refractivity contribution in [2.24, 2.45) is 0 Å². The molecule has 0 saturated heterocycles. The van der Waals surface area contributed by atoms with Crippen molar-refractivity contribution >= 4 is 5.91 Å². The van der Waals surface area contributed by atoms with E-state index in [-0.39, 0.29) is 23.3 Å². The van der Waals surface area contributed by atoms with Gasteiger partial charge >= 0.3 is 0 Å². The Bertz CT molecular complexity index is 626. The third kappa shape index (κ3) is 3.60. The van der Waals surface area contributed by atoms with Gasteiger partial charge in [0, 0.05) is 18.7 Å². The molecule has 1 N–H and O–H groups in total. The van der Waals surface area contributed by atoms with Crippen molar-refractivity contribution in [1.29, 1.82) is 0 Å². The van der Waals surface area contributed by atoms with Crippen LogP contribution in [-0.4, -0.2) is 22.0 Å². The smallest absolute Gasteiger partial charge is 0.257 e. The number of phenolic OH excluding ortho intramolecular Hbond substituents is 1. The summed E-state index contributed by atoms with van der Waals surface area (Å²) in [5.74, 6) is -1.28. The second-order valence-corrected chi connectivity index (χ2v) is 5.18. The van der Waals surface area contributed by atoms with Gasteiger partial charge in [-0.05, 0) is 31.5 Å². The number of amides is 1. The topological polar surface area (TPSA) is 40.5 Å². The molecule has 0 bridgehead atoms. The number of aromatic hydroxyl groups is 1. The molecule has 0 saturated carbocycles. The van der Waals surface area contributed by atoms with Gasteiger partial charge in [-0.2, -0.15) is 0 Å². The summed E-state index contributed by atoms with van der Waals surface area (Å²) in [4.78, 5) is 14.1. The van der Waals surface area contributed by atoms with E-state index in [1.165, 1.54) is 12.1 Å². The van der Waals surface area contributed by atoms with Crippen LogP contribution >= 0.6 is 0 Å². The van der Waals surface area contributed by atoms with E-state index in [0.29, 0.717) is 6.54 Å². The molecule has 0 aliphatic carbocycles. The lowest BCUT2D eigenvalue weighted by Crippen LogP contribution is -2.36. The van der Waals surface area contributed by atoms with Crippen molar-refractivity contribution in [1.82, 2.24) is 4.90 Å². The highest BCUT2D eigenvalue weighted by atomic mass is 19.1. The van der Waals surface area contributed by atoms with Crippen LogP contribution in [0.5, 0.6) is 5.75 Å². The summed E-state index contributed by atoms with van der Waals surface area (Å²) < 4.78 is 13.9. The predicted molar refractivity (Wildman–Crippen MR) is 79.5 cm³/mol. The fourth-order valence-corrected chi connectivity index (χ4v) is 2.10. The van der Waals surface area contributed by atoms with Crippen LogP contribution in [0.2, 0.25) is 0 Å². The number of carbonyl (C=O) groups is 1. The molecule has 1 amide bonds. The van der Waals surface area contributed by atoms with Crippen molar-refractivity contribution in [3.8, 4) is 5.75 Å². The third-order valence-electron chi connectivity index (χ3n) is 3.26. The number of phenols is 1. The van der Waals surface area contributed by atoms with Crippen LogP contribution in [0.15, 0.2) is 48.5 Å². The lowest BCUT2D eigenvalue weighted by molar-refractivity contribution is 0.0685. The number of halogens is 1. The zero-order valence-corrected chi connectivity index (χ0v) is 12.1. The minimum Gasteiger partial charge on any atom is -0.508 e. The molecule has 2 aromatic carbocycles. The van der Waals surface area contributed by atoms with Gasteiger partial charge in [-0.3, -0.25) is 4.79 Å². The number of nitrogens with zero attached hydrogens (tertiary/aromatic N) is 1. The second-order valence-electron chi connectivity index (χ2n) is 5.18. The van der Waals surface area contributed by atoms with Crippen LogP contribution in [0.4, 0.5) is 4.39 Å². The van der Waals surface area contributed by atoms with Gasteiger partial charge in [0.25, 0.3) is 5.91 Å². The van der Waals surface area contributed by atoms with Crippen molar-refractivity contribution in [2.45, 2.75) is 26.4 Å². The van der Waals surface area contributed by atoms with E-state index >= 15 is 0 Å². The molecule has 4 heteroatoms. The standard InChI is InChI=1S/C17H18FNO2/c1-12(2)19(11-13-6-4-3-5-7-13)17(21)15-9-8-14(20)10-16(15)18/h3-10,12,20H,11H2,1-2H3. The zero-order valence-electron chi connectivity index (χ0n) is 12.1. The van der Waals surface area contributed by atoms with Crippen LogP contribution in [0, 0.1) is 5.82 Å². The fraction of sp³-hybridized carbons (Fsp3) is 0.235. The van der Waals surface area contributed by atoms with E-state index in [1.54, 1.807) is 4.90 Å². The van der Waals surface area contributed by atoms with E-state index in [9.17, 15) is 14.3 Å². The Hall–Kier alpha value is -2.36. The lowest BCUT2D eigenvalue weighted by atomic mass is 10.1. The number of hydrogen-bond acceptors (Lipinski definition) is 2. The van der Waals surface area contributed by atoms with E-state index in [1.807, 2.05) is 44.2 Å². The normalized spacial score (nSPS) is 10.7. The summed E-state index contributed by atoms with van der Waals surface area (Å²) >= 11 is 0. The minimum absolute atomic E-state index is 0.0302. The first-order valence-corrected chi connectivity index (χ1v) is 6.82. The fourth-order valence-electron chi connectivity index (χ4n) is 2.10. The quantitative estimate of drug-likeness (QED) is 0.933. The molecule has 0 spiro atoms. The van der Waals surface area contributed by atoms with Crippen molar-refractivity contribution in [2.75, 3.05) is 0 Å². The van der Waals surface area contributed by atoms with Crippen LogP contribution in [-0.2, 0) is 6.54 Å². The van der Waals surface area contributed by atoms with E-state index in [2.05, 4.69) is 0 Å². The first kappa shape index (κ1) is 15.0. The first-order valence-electron chi connectivity index (χ1n) is 6.82. The van der Waals surface area contributed by atoms with Crippen molar-refractivity contribution in [3.63, 3.8) is 0 Å². The molecular weight excluding hydrogens is 269 g/mol. The molecule has 0 unspecified atom stereocenters. The Morgan fingerprint density at radius 2 is 1.86 bits per heavy atom. The average molecular weight is 287 g/mol. The number of benzene rings is 2. The summed E-state index contributed by atoms with van der Waals surface area (Å²) in [7, 11) is 0. The van der Waals surface area contributed by atoms with Crippen LogP contribution in [0.25, 0.3) is 0 Å². The summed E-state index contributed by atoms with van der Waals surface area (Å²) in [5.41, 5.74) is 0.955. The lowest BCUT2D eigenvalue weighted by Gasteiger charge is -2.27. The van der Waals surface area contributed by atoms with Gasteiger partial charge in [-0.1, -0.05) is 30.3 Å². The molecule has 110 valence electrons. The monoisotopic (exact) mass is 287 g/mol. The van der Waals surface area contributed by atoms with Gasteiger partial charge in [-0.25, -0.2) is 4.39 Å². The van der Waals surface area contributed by atoms with Gasteiger partial charge in [0.15, 0.2) is 0 Å². The molecule has 3 nitrogen and oxygen atoms in total. The Labute approximate surface area is 123 Å². The Balaban J connectivity index is 2.27. The molecule has 0 aliphatic rings. The summed E-state index contributed by atoms with van der Waals surface area (Å²) in [5, 5.41) is 9.24. The molecule has 0 heterocycles.